The van der Waals surface area contributed by atoms with Crippen molar-refractivity contribution in [2.75, 3.05) is 0 Å². The van der Waals surface area contributed by atoms with Crippen molar-refractivity contribution in [1.82, 2.24) is 0 Å². The van der Waals surface area contributed by atoms with Crippen molar-refractivity contribution in [3.8, 4) is 11.8 Å². The molecule has 0 saturated carbocycles. The van der Waals surface area contributed by atoms with Crippen LogP contribution in [0, 0.1) is 11.8 Å². The molecule has 0 amide bonds. The predicted molar refractivity (Wildman–Crippen MR) is 69.8 cm³/mol. The standard InChI is InChI=1S/C14H17Br/c1-2-3-4-5-6-7-9-13-10-8-11-14(15)12-13/h8,10-12H,2-6H2,1H3. The van der Waals surface area contributed by atoms with Gasteiger partial charge in [0.05, 0.1) is 0 Å². The molecule has 0 aromatic heterocycles. The van der Waals surface area contributed by atoms with Gasteiger partial charge in [0.2, 0.25) is 0 Å². The Morgan fingerprint density at radius 3 is 2.80 bits per heavy atom. The van der Waals surface area contributed by atoms with Crippen molar-refractivity contribution >= 4 is 15.9 Å². The first kappa shape index (κ1) is 12.3. The van der Waals surface area contributed by atoms with Crippen molar-refractivity contribution in [1.29, 1.82) is 0 Å². The molecule has 1 aromatic carbocycles. The third-order valence-corrected chi connectivity index (χ3v) is 2.71. The first-order valence-electron chi connectivity index (χ1n) is 5.57. The molecule has 0 heterocycles. The van der Waals surface area contributed by atoms with Crippen LogP contribution in [0.5, 0.6) is 0 Å². The highest BCUT2D eigenvalue weighted by Gasteiger charge is 1.88. The molecule has 0 N–H and O–H groups in total. The van der Waals surface area contributed by atoms with Crippen molar-refractivity contribution in [3.63, 3.8) is 0 Å². The average molecular weight is 265 g/mol. The highest BCUT2D eigenvalue weighted by atomic mass is 79.9. The molecule has 1 heteroatoms. The lowest BCUT2D eigenvalue weighted by atomic mass is 10.1. The molecule has 15 heavy (non-hydrogen) atoms. The molecular formula is C14H17Br. The van der Waals surface area contributed by atoms with E-state index in [2.05, 4.69) is 40.8 Å². The van der Waals surface area contributed by atoms with Gasteiger partial charge < -0.3 is 0 Å². The van der Waals surface area contributed by atoms with Crippen molar-refractivity contribution in [2.45, 2.75) is 39.0 Å². The van der Waals surface area contributed by atoms with E-state index in [-0.39, 0.29) is 0 Å². The fourth-order valence-corrected chi connectivity index (χ4v) is 1.77. The molecule has 0 aliphatic heterocycles. The summed E-state index contributed by atoms with van der Waals surface area (Å²) in [4.78, 5) is 0. The van der Waals surface area contributed by atoms with E-state index in [0.29, 0.717) is 0 Å². The maximum Gasteiger partial charge on any atom is 0.0256 e. The van der Waals surface area contributed by atoms with E-state index in [1.165, 1.54) is 25.7 Å². The molecule has 0 radical (unpaired) electrons. The van der Waals surface area contributed by atoms with E-state index in [9.17, 15) is 0 Å². The Balaban J connectivity index is 2.32. The zero-order valence-corrected chi connectivity index (χ0v) is 10.8. The topological polar surface area (TPSA) is 0 Å². The SMILES string of the molecule is CCCCCCC#Cc1cccc(Br)c1. The lowest BCUT2D eigenvalue weighted by molar-refractivity contribution is 0.679. The summed E-state index contributed by atoms with van der Waals surface area (Å²) in [7, 11) is 0. The molecule has 1 rings (SSSR count). The van der Waals surface area contributed by atoms with E-state index in [0.717, 1.165) is 16.5 Å². The second-order valence-corrected chi connectivity index (χ2v) is 4.54. The number of halogens is 1. The number of benzene rings is 1. The molecule has 0 aliphatic rings. The lowest BCUT2D eigenvalue weighted by Gasteiger charge is -1.93. The third kappa shape index (κ3) is 5.64. The summed E-state index contributed by atoms with van der Waals surface area (Å²) in [6, 6.07) is 8.14. The third-order valence-electron chi connectivity index (χ3n) is 2.21. The van der Waals surface area contributed by atoms with Gasteiger partial charge in [0.25, 0.3) is 0 Å². The summed E-state index contributed by atoms with van der Waals surface area (Å²) >= 11 is 3.44. The summed E-state index contributed by atoms with van der Waals surface area (Å²) < 4.78 is 1.10. The highest BCUT2D eigenvalue weighted by molar-refractivity contribution is 9.10. The summed E-state index contributed by atoms with van der Waals surface area (Å²) in [6.07, 6.45) is 6.18. The minimum Gasteiger partial charge on any atom is -0.0979 e. The van der Waals surface area contributed by atoms with Crippen LogP contribution in [-0.2, 0) is 0 Å². The molecule has 0 fully saturated rings. The second kappa shape index (κ2) is 7.54. The first-order valence-corrected chi connectivity index (χ1v) is 6.36. The van der Waals surface area contributed by atoms with E-state index < -0.39 is 0 Å². The normalized spacial score (nSPS) is 9.47. The summed E-state index contributed by atoms with van der Waals surface area (Å²) in [5.74, 6) is 6.40. The lowest BCUT2D eigenvalue weighted by Crippen LogP contribution is -1.76. The van der Waals surface area contributed by atoms with Crippen LogP contribution in [0.25, 0.3) is 0 Å². The van der Waals surface area contributed by atoms with E-state index >= 15 is 0 Å². The van der Waals surface area contributed by atoms with Gasteiger partial charge in [0, 0.05) is 16.5 Å². The minimum atomic E-state index is 1.02. The molecule has 0 saturated heterocycles. The number of unbranched alkanes of at least 4 members (excludes halogenated alkanes) is 4. The quantitative estimate of drug-likeness (QED) is 0.543. The number of hydrogen-bond donors (Lipinski definition) is 0. The molecule has 80 valence electrons. The van der Waals surface area contributed by atoms with Gasteiger partial charge in [-0.15, -0.1) is 0 Å². The average Bonchev–Trinajstić information content (AvgIpc) is 2.23. The molecule has 0 spiro atoms. The van der Waals surface area contributed by atoms with Gasteiger partial charge >= 0.3 is 0 Å². The van der Waals surface area contributed by atoms with Gasteiger partial charge in [-0.3, -0.25) is 0 Å². The molecule has 1 aromatic rings. The van der Waals surface area contributed by atoms with Crippen LogP contribution in [0.3, 0.4) is 0 Å². The monoisotopic (exact) mass is 264 g/mol. The van der Waals surface area contributed by atoms with Gasteiger partial charge in [-0.2, -0.15) is 0 Å². The summed E-state index contributed by atoms with van der Waals surface area (Å²) in [6.45, 7) is 2.23. The summed E-state index contributed by atoms with van der Waals surface area (Å²) in [5, 5.41) is 0. The van der Waals surface area contributed by atoms with Crippen molar-refractivity contribution in [2.24, 2.45) is 0 Å². The van der Waals surface area contributed by atoms with Crippen molar-refractivity contribution in [3.05, 3.63) is 34.3 Å². The zero-order chi connectivity index (χ0) is 10.9. The Morgan fingerprint density at radius 2 is 2.07 bits per heavy atom. The maximum absolute atomic E-state index is 3.44. The van der Waals surface area contributed by atoms with Crippen molar-refractivity contribution < 1.29 is 0 Å². The van der Waals surface area contributed by atoms with Crippen LogP contribution in [0.2, 0.25) is 0 Å². The molecule has 0 atom stereocenters. The fourth-order valence-electron chi connectivity index (χ4n) is 1.37. The minimum absolute atomic E-state index is 1.02. The van der Waals surface area contributed by atoms with Crippen LogP contribution in [0.1, 0.15) is 44.6 Å². The van der Waals surface area contributed by atoms with Gasteiger partial charge in [0.1, 0.15) is 0 Å². The van der Waals surface area contributed by atoms with Crippen LogP contribution >= 0.6 is 15.9 Å². The Labute approximate surface area is 101 Å². The van der Waals surface area contributed by atoms with Gasteiger partial charge in [-0.05, 0) is 24.6 Å². The smallest absolute Gasteiger partial charge is 0.0256 e. The fraction of sp³-hybridized carbons (Fsp3) is 0.429. The number of rotatable bonds is 4. The Bertz CT molecular complexity index is 344. The van der Waals surface area contributed by atoms with Gasteiger partial charge in [-0.25, -0.2) is 0 Å². The zero-order valence-electron chi connectivity index (χ0n) is 9.22. The predicted octanol–water partition coefficient (Wildman–Crippen LogP) is 4.77. The second-order valence-electron chi connectivity index (χ2n) is 3.62. The first-order chi connectivity index (χ1) is 7.33. The Kier molecular flexibility index (Phi) is 6.20. The maximum atomic E-state index is 3.44. The molecule has 0 aliphatic carbocycles. The number of hydrogen-bond acceptors (Lipinski definition) is 0. The van der Waals surface area contributed by atoms with E-state index in [4.69, 9.17) is 0 Å². The molecule has 0 unspecified atom stereocenters. The van der Waals surface area contributed by atoms with Gasteiger partial charge in [0.15, 0.2) is 0 Å². The van der Waals surface area contributed by atoms with Crippen LogP contribution in [0.4, 0.5) is 0 Å². The highest BCUT2D eigenvalue weighted by Crippen LogP contribution is 2.10. The molecule has 0 nitrogen and oxygen atoms in total. The van der Waals surface area contributed by atoms with Crippen LogP contribution < -0.4 is 0 Å². The molecular weight excluding hydrogens is 248 g/mol. The largest absolute Gasteiger partial charge is 0.0979 e. The summed E-state index contributed by atoms with van der Waals surface area (Å²) in [5.41, 5.74) is 1.10. The Hall–Kier alpha value is -0.740. The van der Waals surface area contributed by atoms with Crippen LogP contribution in [0.15, 0.2) is 28.7 Å². The van der Waals surface area contributed by atoms with E-state index in [1.54, 1.807) is 0 Å². The van der Waals surface area contributed by atoms with E-state index in [1.807, 2.05) is 18.2 Å². The van der Waals surface area contributed by atoms with Gasteiger partial charge in [-0.1, -0.05) is 60.0 Å². The van der Waals surface area contributed by atoms with Crippen LogP contribution in [-0.4, -0.2) is 0 Å². The Morgan fingerprint density at radius 1 is 1.20 bits per heavy atom. The molecule has 0 bridgehead atoms.